The van der Waals surface area contributed by atoms with Crippen LogP contribution in [0.4, 0.5) is 17.1 Å². The maximum Gasteiger partial charge on any atom is 0.143 e. The van der Waals surface area contributed by atoms with Crippen LogP contribution in [0.15, 0.2) is 229 Å². The van der Waals surface area contributed by atoms with Gasteiger partial charge in [0, 0.05) is 53.4 Å². The van der Waals surface area contributed by atoms with E-state index in [9.17, 15) is 0 Å². The van der Waals surface area contributed by atoms with Crippen LogP contribution in [0.25, 0.3) is 108 Å². The summed E-state index contributed by atoms with van der Waals surface area (Å²) >= 11 is 1.87. The molecular formula is C60H37NOS. The lowest BCUT2D eigenvalue weighted by atomic mass is 9.93. The van der Waals surface area contributed by atoms with Crippen molar-refractivity contribution < 1.29 is 4.42 Å². The van der Waals surface area contributed by atoms with E-state index in [2.05, 4.69) is 229 Å². The van der Waals surface area contributed by atoms with Gasteiger partial charge in [-0.2, -0.15) is 0 Å². The predicted octanol–water partition coefficient (Wildman–Crippen LogP) is 17.9. The zero-order valence-electron chi connectivity index (χ0n) is 34.1. The Morgan fingerprint density at radius 2 is 0.873 bits per heavy atom. The van der Waals surface area contributed by atoms with Crippen LogP contribution in [0.5, 0.6) is 0 Å². The first-order valence-corrected chi connectivity index (χ1v) is 22.3. The van der Waals surface area contributed by atoms with Crippen molar-refractivity contribution in [2.24, 2.45) is 0 Å². The molecule has 0 aliphatic rings. The number of fused-ring (bicyclic) bond motifs is 11. The molecule has 0 bridgehead atoms. The Kier molecular flexibility index (Phi) is 8.12. The molecule has 2 heterocycles. The molecule has 13 aromatic rings. The summed E-state index contributed by atoms with van der Waals surface area (Å²) in [5.74, 6) is 0. The number of nitrogens with zero attached hydrogens (tertiary/aromatic N) is 1. The van der Waals surface area contributed by atoms with E-state index < -0.39 is 0 Å². The summed E-state index contributed by atoms with van der Waals surface area (Å²) in [6.07, 6.45) is 0. The second-order valence-electron chi connectivity index (χ2n) is 16.4. The minimum Gasteiger partial charge on any atom is -0.455 e. The first-order chi connectivity index (χ1) is 31.2. The lowest BCUT2D eigenvalue weighted by Crippen LogP contribution is -2.09. The third-order valence-electron chi connectivity index (χ3n) is 12.9. The highest BCUT2D eigenvalue weighted by molar-refractivity contribution is 7.26. The molecule has 3 heteroatoms. The highest BCUT2D eigenvalue weighted by Gasteiger charge is 2.18. The molecule has 0 atom stereocenters. The Labute approximate surface area is 368 Å². The molecule has 13 rings (SSSR count). The topological polar surface area (TPSA) is 16.4 Å². The van der Waals surface area contributed by atoms with Gasteiger partial charge in [-0.3, -0.25) is 0 Å². The molecular weight excluding hydrogens is 783 g/mol. The van der Waals surface area contributed by atoms with Gasteiger partial charge < -0.3 is 9.32 Å². The van der Waals surface area contributed by atoms with E-state index in [1.165, 1.54) is 69.4 Å². The Morgan fingerprint density at radius 1 is 0.333 bits per heavy atom. The second-order valence-corrected chi connectivity index (χ2v) is 17.4. The lowest BCUT2D eigenvalue weighted by Gasteiger charge is -2.26. The Hall–Kier alpha value is -7.98. The van der Waals surface area contributed by atoms with Crippen LogP contribution in [0, 0.1) is 0 Å². The van der Waals surface area contributed by atoms with Crippen molar-refractivity contribution in [1.82, 2.24) is 0 Å². The van der Waals surface area contributed by atoms with Crippen molar-refractivity contribution in [2.75, 3.05) is 4.90 Å². The maximum atomic E-state index is 6.56. The molecule has 0 saturated carbocycles. The fourth-order valence-corrected chi connectivity index (χ4v) is 11.1. The van der Waals surface area contributed by atoms with E-state index in [1.807, 2.05) is 11.3 Å². The molecule has 0 aliphatic carbocycles. The molecule has 0 saturated heterocycles. The summed E-state index contributed by atoms with van der Waals surface area (Å²) in [5, 5.41) is 12.3. The molecule has 2 aromatic heterocycles. The van der Waals surface area contributed by atoms with Crippen molar-refractivity contribution in [3.63, 3.8) is 0 Å². The molecule has 0 fully saturated rings. The van der Waals surface area contributed by atoms with E-state index in [-0.39, 0.29) is 0 Å². The smallest absolute Gasteiger partial charge is 0.143 e. The fourth-order valence-electron chi connectivity index (χ4n) is 9.88. The zero-order valence-corrected chi connectivity index (χ0v) is 34.9. The minimum atomic E-state index is 0.898. The SMILES string of the molecule is c1ccc2c(c1)cc(-c1ccc(N(c3ccc(-c4cccc5c4sc4ccccc45)cc3)c3ccc(-c4cccc5oc6c7ccccc7ccc6c45)cc3)cc1)c1ccccc12. The normalized spacial score (nSPS) is 11.8. The zero-order chi connectivity index (χ0) is 41.4. The van der Waals surface area contributed by atoms with Crippen molar-refractivity contribution in [1.29, 1.82) is 0 Å². The number of furan rings is 1. The molecule has 0 radical (unpaired) electrons. The van der Waals surface area contributed by atoms with Crippen molar-refractivity contribution in [3.8, 4) is 33.4 Å². The van der Waals surface area contributed by atoms with Gasteiger partial charge in [-0.05, 0) is 121 Å². The third-order valence-corrected chi connectivity index (χ3v) is 14.1. The number of rotatable bonds is 6. The van der Waals surface area contributed by atoms with Crippen LogP contribution in [0.1, 0.15) is 0 Å². The summed E-state index contributed by atoms with van der Waals surface area (Å²) in [4.78, 5) is 2.37. The molecule has 0 N–H and O–H groups in total. The van der Waals surface area contributed by atoms with E-state index in [0.717, 1.165) is 55.5 Å². The van der Waals surface area contributed by atoms with Crippen LogP contribution in [-0.4, -0.2) is 0 Å². The number of anilines is 3. The molecule has 0 amide bonds. The maximum absolute atomic E-state index is 6.56. The van der Waals surface area contributed by atoms with Gasteiger partial charge in [-0.25, -0.2) is 0 Å². The van der Waals surface area contributed by atoms with Gasteiger partial charge >= 0.3 is 0 Å². The standard InChI is InChI=1S/C60H37NOS/c1-4-14-48-38(11-1)29-36-54-58-47(18-10-21-56(58)62-59(48)54)39-23-30-43(31-24-39)61(44-32-25-40(26-33-44)49-19-9-20-53-52-17-7-8-22-57(52)63-60(49)53)45-34-27-41(28-35-45)55-37-42-12-2-3-13-46(42)50-15-5-6-16-51(50)55/h1-37H. The Morgan fingerprint density at radius 3 is 1.60 bits per heavy atom. The average Bonchev–Trinajstić information content (AvgIpc) is 3.94. The largest absolute Gasteiger partial charge is 0.455 e. The molecule has 0 aliphatic heterocycles. The van der Waals surface area contributed by atoms with E-state index in [0.29, 0.717) is 0 Å². The van der Waals surface area contributed by atoms with Crippen molar-refractivity contribution in [2.45, 2.75) is 0 Å². The van der Waals surface area contributed by atoms with Crippen molar-refractivity contribution in [3.05, 3.63) is 224 Å². The quantitative estimate of drug-likeness (QED) is 0.155. The van der Waals surface area contributed by atoms with Crippen LogP contribution >= 0.6 is 11.3 Å². The number of hydrogen-bond donors (Lipinski definition) is 0. The van der Waals surface area contributed by atoms with Gasteiger partial charge in [0.25, 0.3) is 0 Å². The summed E-state index contributed by atoms with van der Waals surface area (Å²) in [6, 6.07) is 81.7. The number of hydrogen-bond acceptors (Lipinski definition) is 3. The van der Waals surface area contributed by atoms with Crippen molar-refractivity contribution >= 4 is 103 Å². The first-order valence-electron chi connectivity index (χ1n) is 21.5. The number of benzene rings is 11. The fraction of sp³-hybridized carbons (Fsp3) is 0. The highest BCUT2D eigenvalue weighted by atomic mass is 32.1. The molecule has 294 valence electrons. The number of thiophene rings is 1. The molecule has 2 nitrogen and oxygen atoms in total. The first kappa shape index (κ1) is 35.7. The van der Waals surface area contributed by atoms with Gasteiger partial charge in [0.15, 0.2) is 0 Å². The summed E-state index contributed by atoms with van der Waals surface area (Å²) < 4.78 is 9.20. The van der Waals surface area contributed by atoms with Crippen LogP contribution in [0.3, 0.4) is 0 Å². The van der Waals surface area contributed by atoms with Crippen LogP contribution in [-0.2, 0) is 0 Å². The van der Waals surface area contributed by atoms with Crippen LogP contribution in [0.2, 0.25) is 0 Å². The summed E-state index contributed by atoms with van der Waals surface area (Å²) in [6.45, 7) is 0. The van der Waals surface area contributed by atoms with Gasteiger partial charge in [0.05, 0.1) is 0 Å². The monoisotopic (exact) mass is 819 g/mol. The molecule has 63 heavy (non-hydrogen) atoms. The Bertz CT molecular complexity index is 3900. The predicted molar refractivity (Wildman–Crippen MR) is 270 cm³/mol. The van der Waals surface area contributed by atoms with E-state index in [1.54, 1.807) is 0 Å². The molecule has 0 unspecified atom stereocenters. The van der Waals surface area contributed by atoms with Gasteiger partial charge in [0.2, 0.25) is 0 Å². The summed E-state index contributed by atoms with van der Waals surface area (Å²) in [7, 11) is 0. The van der Waals surface area contributed by atoms with Crippen LogP contribution < -0.4 is 4.90 Å². The highest BCUT2D eigenvalue weighted by Crippen LogP contribution is 2.44. The minimum absolute atomic E-state index is 0.898. The van der Waals surface area contributed by atoms with E-state index >= 15 is 0 Å². The summed E-state index contributed by atoms with van der Waals surface area (Å²) in [5.41, 5.74) is 12.3. The average molecular weight is 820 g/mol. The molecule has 11 aromatic carbocycles. The molecule has 0 spiro atoms. The van der Waals surface area contributed by atoms with Gasteiger partial charge in [-0.1, -0.05) is 164 Å². The van der Waals surface area contributed by atoms with Gasteiger partial charge in [-0.15, -0.1) is 11.3 Å². The third kappa shape index (κ3) is 5.78. The van der Waals surface area contributed by atoms with Gasteiger partial charge in [0.1, 0.15) is 11.2 Å². The Balaban J connectivity index is 0.927. The lowest BCUT2D eigenvalue weighted by molar-refractivity contribution is 0.673. The van der Waals surface area contributed by atoms with E-state index in [4.69, 9.17) is 4.42 Å². The second kappa shape index (κ2) is 14.3.